The monoisotopic (exact) mass is 414 g/mol. The maximum absolute atomic E-state index is 4.97. The average Bonchev–Trinajstić information content (AvgIpc) is 3.38. The second-order valence-corrected chi connectivity index (χ2v) is 7.89. The molecule has 152 valence electrons. The molecule has 7 rings (SSSR count). The van der Waals surface area contributed by atoms with Crippen LogP contribution in [-0.2, 0) is 0 Å². The molecule has 0 aliphatic carbocycles. The summed E-state index contributed by atoms with van der Waals surface area (Å²) in [5, 5.41) is 3.27. The molecule has 0 radical (unpaired) electrons. The number of rotatable bonds is 1. The van der Waals surface area contributed by atoms with E-state index in [0.717, 1.165) is 61.9 Å². The molecule has 2 aromatic carbocycles. The van der Waals surface area contributed by atoms with Crippen molar-refractivity contribution in [2.24, 2.45) is 9.98 Å². The maximum atomic E-state index is 4.97. The summed E-state index contributed by atoms with van der Waals surface area (Å²) < 4.78 is 4.43. The van der Waals surface area contributed by atoms with Crippen LogP contribution >= 0.6 is 0 Å². The van der Waals surface area contributed by atoms with Gasteiger partial charge in [-0.05, 0) is 30.3 Å². The van der Waals surface area contributed by atoms with Gasteiger partial charge in [0.05, 0.1) is 46.8 Å². The van der Waals surface area contributed by atoms with Gasteiger partial charge in [-0.15, -0.1) is 0 Å². The van der Waals surface area contributed by atoms with Gasteiger partial charge in [-0.3, -0.25) is 24.1 Å². The van der Waals surface area contributed by atoms with Crippen molar-refractivity contribution in [3.8, 4) is 5.69 Å². The first-order valence-electron chi connectivity index (χ1n) is 10.7. The van der Waals surface area contributed by atoms with Crippen LogP contribution in [0, 0.1) is 0 Å². The largest absolute Gasteiger partial charge is 0.294 e. The molecule has 0 unspecified atom stereocenters. The Morgan fingerprint density at radius 3 is 2.44 bits per heavy atom. The number of para-hydroxylation sites is 2. The molecule has 0 spiro atoms. The van der Waals surface area contributed by atoms with Crippen molar-refractivity contribution in [1.29, 1.82) is 0 Å². The highest BCUT2D eigenvalue weighted by molar-refractivity contribution is 6.37. The SMILES string of the molecule is C1=NCCN=C1n1c2cccnc2c2cnc3c(c4ccccc4n3-c3ccccc3)c21. The number of hydrogen-bond donors (Lipinski definition) is 0. The Hall–Kier alpha value is -4.32. The summed E-state index contributed by atoms with van der Waals surface area (Å²) in [6.45, 7) is 1.41. The Bertz CT molecular complexity index is 1720. The lowest BCUT2D eigenvalue weighted by Crippen LogP contribution is -2.18. The van der Waals surface area contributed by atoms with Gasteiger partial charge >= 0.3 is 0 Å². The topological polar surface area (TPSA) is 60.4 Å². The van der Waals surface area contributed by atoms with Crippen LogP contribution in [0.25, 0.3) is 49.6 Å². The fourth-order valence-electron chi connectivity index (χ4n) is 4.83. The molecular weight excluding hydrogens is 396 g/mol. The standard InChI is InChI=1S/C26H18N6/c1-2-7-17(8-3-1)31-20-10-5-4-9-18(20)23-25-19(15-30-26(23)31)24-21(11-6-12-29-24)32(25)22-16-27-13-14-28-22/h1-12,15-16H,13-14H2. The second-order valence-electron chi connectivity index (χ2n) is 7.89. The first-order valence-corrected chi connectivity index (χ1v) is 10.7. The Morgan fingerprint density at radius 2 is 1.56 bits per heavy atom. The first-order chi connectivity index (χ1) is 15.9. The number of nitrogens with zero attached hydrogens (tertiary/aromatic N) is 6. The molecule has 6 nitrogen and oxygen atoms in total. The van der Waals surface area contributed by atoms with Crippen molar-refractivity contribution >= 4 is 55.9 Å². The van der Waals surface area contributed by atoms with Crippen molar-refractivity contribution in [2.45, 2.75) is 0 Å². The lowest BCUT2D eigenvalue weighted by atomic mass is 10.1. The number of aliphatic imine (C=N–C) groups is 2. The van der Waals surface area contributed by atoms with E-state index in [1.807, 2.05) is 30.7 Å². The smallest absolute Gasteiger partial charge is 0.151 e. The number of benzene rings is 2. The van der Waals surface area contributed by atoms with E-state index in [2.05, 4.69) is 68.7 Å². The molecule has 1 aliphatic heterocycles. The summed E-state index contributed by atoms with van der Waals surface area (Å²) in [6.07, 6.45) is 5.65. The molecule has 5 heterocycles. The predicted octanol–water partition coefficient (Wildman–Crippen LogP) is 5.01. The highest BCUT2D eigenvalue weighted by Crippen LogP contribution is 2.38. The molecule has 0 saturated carbocycles. The van der Waals surface area contributed by atoms with E-state index in [1.165, 1.54) is 0 Å². The van der Waals surface area contributed by atoms with Gasteiger partial charge in [0.1, 0.15) is 5.65 Å². The van der Waals surface area contributed by atoms with Gasteiger partial charge in [0, 0.05) is 28.9 Å². The zero-order valence-corrected chi connectivity index (χ0v) is 17.2. The molecule has 0 fully saturated rings. The molecule has 4 aromatic heterocycles. The average molecular weight is 414 g/mol. The van der Waals surface area contributed by atoms with Gasteiger partial charge in [-0.1, -0.05) is 36.4 Å². The Labute approximate surface area is 183 Å². The van der Waals surface area contributed by atoms with Crippen LogP contribution in [0.2, 0.25) is 0 Å². The summed E-state index contributed by atoms with van der Waals surface area (Å²) in [4.78, 5) is 19.0. The molecule has 6 heteroatoms. The predicted molar refractivity (Wildman–Crippen MR) is 130 cm³/mol. The van der Waals surface area contributed by atoms with Crippen LogP contribution in [0.4, 0.5) is 0 Å². The quantitative estimate of drug-likeness (QED) is 0.380. The molecule has 0 saturated heterocycles. The van der Waals surface area contributed by atoms with Gasteiger partial charge in [-0.25, -0.2) is 4.98 Å². The number of hydrogen-bond acceptors (Lipinski definition) is 4. The van der Waals surface area contributed by atoms with E-state index in [0.29, 0.717) is 6.54 Å². The highest BCUT2D eigenvalue weighted by Gasteiger charge is 2.23. The molecule has 32 heavy (non-hydrogen) atoms. The van der Waals surface area contributed by atoms with Crippen LogP contribution in [-0.4, -0.2) is 44.2 Å². The Kier molecular flexibility index (Phi) is 3.58. The van der Waals surface area contributed by atoms with E-state index >= 15 is 0 Å². The minimum atomic E-state index is 0.688. The summed E-state index contributed by atoms with van der Waals surface area (Å²) >= 11 is 0. The van der Waals surface area contributed by atoms with Crippen LogP contribution in [0.1, 0.15) is 0 Å². The number of fused-ring (bicyclic) bond motifs is 7. The third-order valence-corrected chi connectivity index (χ3v) is 6.12. The number of pyridine rings is 2. The van der Waals surface area contributed by atoms with Gasteiger partial charge in [0.2, 0.25) is 0 Å². The molecular formula is C26H18N6. The minimum absolute atomic E-state index is 0.688. The molecule has 0 N–H and O–H groups in total. The van der Waals surface area contributed by atoms with Crippen molar-refractivity contribution in [1.82, 2.24) is 19.1 Å². The van der Waals surface area contributed by atoms with Gasteiger partial charge in [0.15, 0.2) is 5.84 Å². The number of aromatic nitrogens is 4. The molecule has 0 bridgehead atoms. The zero-order valence-electron chi connectivity index (χ0n) is 17.2. The van der Waals surface area contributed by atoms with E-state index in [1.54, 1.807) is 0 Å². The molecule has 6 aromatic rings. The van der Waals surface area contributed by atoms with Crippen LogP contribution in [0.3, 0.4) is 0 Å². The lowest BCUT2D eigenvalue weighted by Gasteiger charge is -2.11. The van der Waals surface area contributed by atoms with Gasteiger partial charge in [0.25, 0.3) is 0 Å². The van der Waals surface area contributed by atoms with Crippen LogP contribution < -0.4 is 0 Å². The molecule has 0 amide bonds. The van der Waals surface area contributed by atoms with Crippen molar-refractivity contribution in [3.05, 3.63) is 79.1 Å². The zero-order chi connectivity index (χ0) is 21.1. The fourth-order valence-corrected chi connectivity index (χ4v) is 4.83. The molecule has 0 atom stereocenters. The Balaban J connectivity index is 1.75. The maximum Gasteiger partial charge on any atom is 0.151 e. The van der Waals surface area contributed by atoms with E-state index in [4.69, 9.17) is 15.0 Å². The third kappa shape index (κ3) is 2.29. The summed E-state index contributed by atoms with van der Waals surface area (Å²) in [6, 6.07) is 22.9. The van der Waals surface area contributed by atoms with Crippen molar-refractivity contribution in [2.75, 3.05) is 13.1 Å². The normalized spacial score (nSPS) is 14.1. The molecule has 1 aliphatic rings. The van der Waals surface area contributed by atoms with Crippen molar-refractivity contribution < 1.29 is 0 Å². The fraction of sp³-hybridized carbons (Fsp3) is 0.0769. The van der Waals surface area contributed by atoms with Crippen LogP contribution in [0.15, 0.2) is 89.1 Å². The Morgan fingerprint density at radius 1 is 0.719 bits per heavy atom. The van der Waals surface area contributed by atoms with Gasteiger partial charge < -0.3 is 0 Å². The van der Waals surface area contributed by atoms with E-state index in [-0.39, 0.29) is 0 Å². The van der Waals surface area contributed by atoms with Gasteiger partial charge in [-0.2, -0.15) is 0 Å². The van der Waals surface area contributed by atoms with Crippen molar-refractivity contribution in [3.63, 3.8) is 0 Å². The second kappa shape index (κ2) is 6.59. The van der Waals surface area contributed by atoms with E-state index in [9.17, 15) is 0 Å². The van der Waals surface area contributed by atoms with Crippen LogP contribution in [0.5, 0.6) is 0 Å². The first kappa shape index (κ1) is 17.4. The van der Waals surface area contributed by atoms with E-state index < -0.39 is 0 Å². The minimum Gasteiger partial charge on any atom is -0.294 e. The summed E-state index contributed by atoms with van der Waals surface area (Å²) in [7, 11) is 0. The third-order valence-electron chi connectivity index (χ3n) is 6.12. The highest BCUT2D eigenvalue weighted by atomic mass is 15.1. The lowest BCUT2D eigenvalue weighted by molar-refractivity contribution is 0.957. The summed E-state index contributed by atoms with van der Waals surface area (Å²) in [5.41, 5.74) is 6.14. The summed E-state index contributed by atoms with van der Waals surface area (Å²) in [5.74, 6) is 0.841.